The second kappa shape index (κ2) is 23.6. The van der Waals surface area contributed by atoms with Crippen LogP contribution in [-0.4, -0.2) is 182 Å². The molecule has 0 fully saturated rings. The Balaban J connectivity index is 6.75. The quantitative estimate of drug-likeness (QED) is 0.0210. The Bertz CT molecular complexity index is 1310. The Morgan fingerprint density at radius 1 is 0.333 bits per heavy atom. The molecule has 60 heavy (non-hydrogen) atoms. The van der Waals surface area contributed by atoms with Crippen molar-refractivity contribution in [3.8, 4) is 0 Å². The first kappa shape index (κ1) is 55.7. The smallest absolute Gasteiger partial charge is 0.319 e. The van der Waals surface area contributed by atoms with Crippen molar-refractivity contribution in [3.05, 3.63) is 12.7 Å². The fourth-order valence-corrected chi connectivity index (χ4v) is 3.90. The van der Waals surface area contributed by atoms with Crippen molar-refractivity contribution < 1.29 is 108 Å². The molecule has 0 amide bonds. The highest BCUT2D eigenvalue weighted by Crippen LogP contribution is 2.30. The summed E-state index contributed by atoms with van der Waals surface area (Å²) in [5.41, 5.74) is -13.6. The van der Waals surface area contributed by atoms with Gasteiger partial charge in [-0.3, -0.25) is 33.6 Å². The highest BCUT2D eigenvalue weighted by molar-refractivity contribution is 5.83. The fraction of sp³-hybridized carbons (Fsp3) is 0.763. The average molecular weight is 871 g/mol. The van der Waals surface area contributed by atoms with Gasteiger partial charge in [0, 0.05) is 0 Å². The van der Waals surface area contributed by atoms with Crippen molar-refractivity contribution in [1.29, 1.82) is 0 Å². The SMILES string of the molecule is C=CCOC(=O)C(C)(COC(=O)C(C)(COC(=O)C(C)(CO)CO)COC(=O)C(C)(CO)CO)COC(=O)C(C)(COC(=O)C(C)(CO)CO)COC(=O)C(C)(CO)CO. The van der Waals surface area contributed by atoms with Crippen molar-refractivity contribution in [3.63, 3.8) is 0 Å². The summed E-state index contributed by atoms with van der Waals surface area (Å²) in [4.78, 5) is 92.0. The molecule has 0 saturated carbocycles. The van der Waals surface area contributed by atoms with E-state index in [1.54, 1.807) is 0 Å². The van der Waals surface area contributed by atoms with Crippen LogP contribution in [0.4, 0.5) is 0 Å². The maximum atomic E-state index is 13.8. The minimum absolute atomic E-state index is 0.379. The molecular weight excluding hydrogens is 808 g/mol. The van der Waals surface area contributed by atoms with Gasteiger partial charge in [0.05, 0.1) is 52.9 Å². The maximum absolute atomic E-state index is 13.8. The van der Waals surface area contributed by atoms with Crippen molar-refractivity contribution in [1.82, 2.24) is 0 Å². The molecule has 0 aliphatic rings. The monoisotopic (exact) mass is 870 g/mol. The molecule has 0 rings (SSSR count). The van der Waals surface area contributed by atoms with Crippen LogP contribution in [0, 0.1) is 37.9 Å². The molecule has 22 heteroatoms. The minimum Gasteiger partial charge on any atom is -0.464 e. The third-order valence-electron chi connectivity index (χ3n) is 9.70. The van der Waals surface area contributed by atoms with Gasteiger partial charge in [0.25, 0.3) is 0 Å². The normalized spacial score (nSPS) is 12.8. The topological polar surface area (TPSA) is 346 Å². The molecule has 22 nitrogen and oxygen atoms in total. The summed E-state index contributed by atoms with van der Waals surface area (Å²) in [7, 11) is 0. The van der Waals surface area contributed by atoms with Gasteiger partial charge in [-0.05, 0) is 48.5 Å². The van der Waals surface area contributed by atoms with E-state index in [2.05, 4.69) is 6.58 Å². The number of rotatable bonds is 29. The van der Waals surface area contributed by atoms with Crippen molar-refractivity contribution in [2.24, 2.45) is 37.9 Å². The van der Waals surface area contributed by atoms with Crippen LogP contribution in [0.15, 0.2) is 12.7 Å². The van der Waals surface area contributed by atoms with Gasteiger partial charge in [0.2, 0.25) is 0 Å². The van der Waals surface area contributed by atoms with E-state index in [0.29, 0.717) is 0 Å². The van der Waals surface area contributed by atoms with Gasteiger partial charge in [-0.2, -0.15) is 0 Å². The number of hydrogen-bond acceptors (Lipinski definition) is 22. The van der Waals surface area contributed by atoms with E-state index in [-0.39, 0.29) is 6.61 Å². The van der Waals surface area contributed by atoms with Crippen LogP contribution in [0.3, 0.4) is 0 Å². The van der Waals surface area contributed by atoms with Crippen LogP contribution in [0.5, 0.6) is 0 Å². The summed E-state index contributed by atoms with van der Waals surface area (Å²) in [5.74, 6) is -8.42. The zero-order valence-electron chi connectivity index (χ0n) is 35.2. The lowest BCUT2D eigenvalue weighted by atomic mass is 9.89. The number of esters is 7. The molecule has 0 spiro atoms. The number of aliphatic hydroxyl groups is 8. The standard InChI is InChI=1S/C38H62O22/c1-9-10-54-29(51)36(6,19-59-30(52)37(7,21-55-25(47)32(2,11-39)12-40)22-56-26(48)33(3,13-41)14-42)20-60-31(53)38(8,23-57-27(49)34(4,15-43)16-44)24-58-28(50)35(5,17-45)18-46/h9,39-46H,1,10-24H2,2-8H3. The first-order chi connectivity index (χ1) is 27.7. The molecule has 0 atom stereocenters. The molecule has 0 bridgehead atoms. The Kier molecular flexibility index (Phi) is 21.9. The summed E-state index contributed by atoms with van der Waals surface area (Å²) in [6, 6.07) is 0. The number of carbonyl (C=O) groups excluding carboxylic acids is 7. The van der Waals surface area contributed by atoms with Crippen molar-refractivity contribution in [2.45, 2.75) is 48.5 Å². The molecular formula is C38H62O22. The number of aliphatic hydroxyl groups excluding tert-OH is 8. The first-order valence-electron chi connectivity index (χ1n) is 18.4. The number of hydrogen-bond donors (Lipinski definition) is 8. The van der Waals surface area contributed by atoms with E-state index in [0.717, 1.165) is 48.5 Å². The zero-order valence-corrected chi connectivity index (χ0v) is 35.2. The molecule has 346 valence electrons. The predicted molar refractivity (Wildman–Crippen MR) is 200 cm³/mol. The lowest BCUT2D eigenvalue weighted by Gasteiger charge is -2.33. The highest BCUT2D eigenvalue weighted by Gasteiger charge is 2.48. The van der Waals surface area contributed by atoms with Crippen LogP contribution >= 0.6 is 0 Å². The fourth-order valence-electron chi connectivity index (χ4n) is 3.90. The van der Waals surface area contributed by atoms with Crippen molar-refractivity contribution in [2.75, 3.05) is 99.1 Å². The first-order valence-corrected chi connectivity index (χ1v) is 18.4. The summed E-state index contributed by atoms with van der Waals surface area (Å²) in [6.45, 7) is -1.48. The summed E-state index contributed by atoms with van der Waals surface area (Å²) in [5, 5.41) is 77.0. The highest BCUT2D eigenvalue weighted by atomic mass is 16.6. The molecule has 0 aliphatic heterocycles. The van der Waals surface area contributed by atoms with E-state index in [4.69, 9.17) is 33.2 Å². The van der Waals surface area contributed by atoms with Gasteiger partial charge in [0.1, 0.15) is 84.2 Å². The van der Waals surface area contributed by atoms with Crippen molar-refractivity contribution >= 4 is 41.8 Å². The van der Waals surface area contributed by atoms with Gasteiger partial charge in [-0.25, -0.2) is 0 Å². The number of carbonyl (C=O) groups is 7. The summed E-state index contributed by atoms with van der Waals surface area (Å²) >= 11 is 0. The summed E-state index contributed by atoms with van der Waals surface area (Å²) < 4.78 is 36.8. The second-order valence-electron chi connectivity index (χ2n) is 16.5. The van der Waals surface area contributed by atoms with Crippen LogP contribution in [-0.2, 0) is 66.7 Å². The lowest BCUT2D eigenvalue weighted by molar-refractivity contribution is -0.185. The van der Waals surface area contributed by atoms with Gasteiger partial charge in [0.15, 0.2) is 0 Å². The van der Waals surface area contributed by atoms with E-state index in [1.807, 2.05) is 0 Å². The Morgan fingerprint density at radius 2 is 0.483 bits per heavy atom. The van der Waals surface area contributed by atoms with E-state index < -0.39 is 172 Å². The van der Waals surface area contributed by atoms with Crippen LogP contribution in [0.25, 0.3) is 0 Å². The molecule has 0 aromatic carbocycles. The van der Waals surface area contributed by atoms with E-state index >= 15 is 0 Å². The van der Waals surface area contributed by atoms with Crippen LogP contribution in [0.2, 0.25) is 0 Å². The average Bonchev–Trinajstić information content (AvgIpc) is 3.26. The molecule has 0 unspecified atom stereocenters. The summed E-state index contributed by atoms with van der Waals surface area (Å²) in [6.07, 6.45) is 1.19. The molecule has 0 saturated heterocycles. The van der Waals surface area contributed by atoms with E-state index in [1.165, 1.54) is 6.08 Å². The van der Waals surface area contributed by atoms with Gasteiger partial charge >= 0.3 is 41.8 Å². The van der Waals surface area contributed by atoms with Gasteiger partial charge in [-0.15, -0.1) is 0 Å². The Morgan fingerprint density at radius 3 is 0.633 bits per heavy atom. The zero-order chi connectivity index (χ0) is 46.8. The minimum atomic E-state index is -2.12. The maximum Gasteiger partial charge on any atom is 0.319 e. The predicted octanol–water partition coefficient (Wildman–Crippen LogP) is -3.04. The largest absolute Gasteiger partial charge is 0.464 e. The Hall–Kier alpha value is -4.29. The van der Waals surface area contributed by atoms with Crippen LogP contribution in [0.1, 0.15) is 48.5 Å². The van der Waals surface area contributed by atoms with E-state index in [9.17, 15) is 74.4 Å². The molecule has 0 aromatic rings. The lowest BCUT2D eigenvalue weighted by Crippen LogP contribution is -2.48. The molecule has 0 aliphatic carbocycles. The van der Waals surface area contributed by atoms with Crippen LogP contribution < -0.4 is 0 Å². The van der Waals surface area contributed by atoms with Gasteiger partial charge < -0.3 is 74.0 Å². The third kappa shape index (κ3) is 14.4. The second-order valence-corrected chi connectivity index (χ2v) is 16.5. The Labute approximate surface area is 347 Å². The number of ether oxygens (including phenoxy) is 7. The van der Waals surface area contributed by atoms with Gasteiger partial charge in [-0.1, -0.05) is 12.7 Å². The molecule has 8 N–H and O–H groups in total. The molecule has 0 heterocycles. The molecule has 0 aromatic heterocycles. The third-order valence-corrected chi connectivity index (χ3v) is 9.70. The molecule has 0 radical (unpaired) electrons.